The van der Waals surface area contributed by atoms with Crippen LogP contribution in [0, 0.1) is 5.41 Å². The number of carboxylic acid groups (broad SMARTS) is 1. The van der Waals surface area contributed by atoms with E-state index in [9.17, 15) is 19.5 Å². The van der Waals surface area contributed by atoms with Gasteiger partial charge in [-0.2, -0.15) is 0 Å². The molecule has 0 aliphatic carbocycles. The summed E-state index contributed by atoms with van der Waals surface area (Å²) in [6.45, 7) is 0.822. The normalized spacial score (nSPS) is 24.4. The number of aliphatic hydroxyl groups excluding tert-OH is 1. The topological polar surface area (TPSA) is 149 Å². The minimum atomic E-state index is -0.959. The van der Waals surface area contributed by atoms with Crippen LogP contribution in [-0.4, -0.2) is 71.2 Å². The lowest BCUT2D eigenvalue weighted by Crippen LogP contribution is -2.62. The van der Waals surface area contributed by atoms with Gasteiger partial charge in [0, 0.05) is 31.9 Å². The molecule has 27 heavy (non-hydrogen) atoms. The van der Waals surface area contributed by atoms with Crippen LogP contribution in [0.15, 0.2) is 17.1 Å². The monoisotopic (exact) mass is 381 g/mol. The van der Waals surface area contributed by atoms with Gasteiger partial charge in [-0.05, 0) is 19.3 Å². The molecule has 10 heteroatoms. The van der Waals surface area contributed by atoms with Gasteiger partial charge in [0.1, 0.15) is 5.69 Å². The highest BCUT2D eigenvalue weighted by molar-refractivity contribution is 5.93. The third-order valence-electron chi connectivity index (χ3n) is 4.94. The van der Waals surface area contributed by atoms with Crippen molar-refractivity contribution in [2.75, 3.05) is 26.7 Å². The molecule has 2 amide bonds. The van der Waals surface area contributed by atoms with Crippen LogP contribution in [0.2, 0.25) is 0 Å². The van der Waals surface area contributed by atoms with E-state index < -0.39 is 11.5 Å². The highest BCUT2D eigenvalue weighted by Crippen LogP contribution is 2.37. The van der Waals surface area contributed by atoms with E-state index in [0.717, 1.165) is 6.42 Å². The number of nitrogens with zero attached hydrogens (tertiary/aromatic N) is 1. The zero-order valence-corrected chi connectivity index (χ0v) is 14.9. The number of methoxy groups -OCH3 is 1. The molecule has 1 aromatic rings. The van der Waals surface area contributed by atoms with E-state index in [2.05, 4.69) is 10.3 Å². The Balaban J connectivity index is 0.000000817. The fourth-order valence-corrected chi connectivity index (χ4v) is 3.53. The summed E-state index contributed by atoms with van der Waals surface area (Å²) in [4.78, 5) is 49.5. The zero-order chi connectivity index (χ0) is 20.0. The minimum absolute atomic E-state index is 0.128. The molecule has 2 saturated heterocycles. The summed E-state index contributed by atoms with van der Waals surface area (Å²) in [5, 5.41) is 20.0. The summed E-state index contributed by atoms with van der Waals surface area (Å²) in [6, 6.07) is 1.19. The number of aromatic amines is 1. The zero-order valence-electron chi connectivity index (χ0n) is 14.9. The molecule has 2 fully saturated rings. The maximum Gasteiger partial charge on any atom is 0.290 e. The highest BCUT2D eigenvalue weighted by atomic mass is 16.5. The predicted molar refractivity (Wildman–Crippen MR) is 93.5 cm³/mol. The number of hydrogen-bond donors (Lipinski definition) is 4. The van der Waals surface area contributed by atoms with Gasteiger partial charge in [-0.3, -0.25) is 19.2 Å². The number of aromatic nitrogens is 1. The van der Waals surface area contributed by atoms with E-state index >= 15 is 0 Å². The molecular formula is C17H23N3O7. The molecular weight excluding hydrogens is 358 g/mol. The van der Waals surface area contributed by atoms with Gasteiger partial charge < -0.3 is 30.2 Å². The first kappa shape index (κ1) is 20.4. The van der Waals surface area contributed by atoms with Gasteiger partial charge in [-0.15, -0.1) is 0 Å². The lowest BCUT2D eigenvalue weighted by atomic mass is 9.71. The Bertz CT molecular complexity index is 763. The quantitative estimate of drug-likeness (QED) is 0.489. The molecule has 10 nitrogen and oxygen atoms in total. The molecule has 0 saturated carbocycles. The summed E-state index contributed by atoms with van der Waals surface area (Å²) in [7, 11) is 1.38. The highest BCUT2D eigenvalue weighted by Gasteiger charge is 2.50. The number of ether oxygens (including phenoxy) is 1. The van der Waals surface area contributed by atoms with Crippen molar-refractivity contribution in [3.63, 3.8) is 0 Å². The molecule has 0 unspecified atom stereocenters. The summed E-state index contributed by atoms with van der Waals surface area (Å²) in [5.41, 5.74) is -1.20. The van der Waals surface area contributed by atoms with Gasteiger partial charge >= 0.3 is 0 Å². The van der Waals surface area contributed by atoms with Crippen LogP contribution in [0.1, 0.15) is 29.8 Å². The summed E-state index contributed by atoms with van der Waals surface area (Å²) in [6.07, 6.45) is 2.22. The summed E-state index contributed by atoms with van der Waals surface area (Å²) >= 11 is 0. The maximum absolute atomic E-state index is 12.7. The predicted octanol–water partition coefficient (Wildman–Crippen LogP) is -0.812. The van der Waals surface area contributed by atoms with Crippen LogP contribution in [-0.2, 0) is 9.59 Å². The molecule has 0 bridgehead atoms. The first-order valence-corrected chi connectivity index (χ1v) is 8.50. The van der Waals surface area contributed by atoms with E-state index in [-0.39, 0.29) is 41.7 Å². The molecule has 2 aliphatic rings. The Labute approximate surface area is 155 Å². The third-order valence-corrected chi connectivity index (χ3v) is 4.94. The standard InChI is InChI=1S/C16H21N3O5.CH2O2/c1-24-12-8-18-10(7-11(12)20)14(22)19-6-3-13(21)16(9-19)4-2-5-17-15(16)23;2-1-3/h7-8,13,21H,2-6,9H2,1H3,(H,17,23)(H,18,20);1H,(H,2,3)/t13-,16+;/m0./s1. The van der Waals surface area contributed by atoms with E-state index in [1.165, 1.54) is 24.3 Å². The van der Waals surface area contributed by atoms with Gasteiger partial charge in [-0.1, -0.05) is 0 Å². The van der Waals surface area contributed by atoms with E-state index in [4.69, 9.17) is 14.6 Å². The number of nitrogens with one attached hydrogen (secondary N) is 2. The van der Waals surface area contributed by atoms with E-state index in [1.807, 2.05) is 0 Å². The Morgan fingerprint density at radius 2 is 2.15 bits per heavy atom. The van der Waals surface area contributed by atoms with Crippen LogP contribution in [0.5, 0.6) is 5.75 Å². The van der Waals surface area contributed by atoms with Crippen molar-refractivity contribution < 1.29 is 29.3 Å². The third kappa shape index (κ3) is 4.11. The summed E-state index contributed by atoms with van der Waals surface area (Å²) in [5.74, 6) is -0.440. The molecule has 2 atom stereocenters. The first-order valence-electron chi connectivity index (χ1n) is 8.50. The molecule has 2 aliphatic heterocycles. The molecule has 148 valence electrons. The SMILES string of the molecule is COc1c[nH]c(C(=O)N2CC[C@H](O)[C@@]3(CCCNC3=O)C2)cc1=O.O=CO. The average Bonchev–Trinajstić information content (AvgIpc) is 2.66. The maximum atomic E-state index is 12.7. The number of hydrogen-bond acceptors (Lipinski definition) is 6. The second-order valence-electron chi connectivity index (χ2n) is 6.43. The van der Waals surface area contributed by atoms with Crippen LogP contribution in [0.25, 0.3) is 0 Å². The van der Waals surface area contributed by atoms with Crippen LogP contribution in [0.3, 0.4) is 0 Å². The van der Waals surface area contributed by atoms with E-state index in [1.54, 1.807) is 0 Å². The number of carbonyl (C=O) groups excluding carboxylic acids is 2. The lowest BCUT2D eigenvalue weighted by molar-refractivity contribution is -0.147. The average molecular weight is 381 g/mol. The Hall–Kier alpha value is -2.88. The molecule has 1 aromatic heterocycles. The van der Waals surface area contributed by atoms with Crippen molar-refractivity contribution in [3.8, 4) is 5.75 Å². The molecule has 0 aromatic carbocycles. The lowest BCUT2D eigenvalue weighted by Gasteiger charge is -2.46. The van der Waals surface area contributed by atoms with Crippen LogP contribution >= 0.6 is 0 Å². The minimum Gasteiger partial charge on any atom is -0.491 e. The van der Waals surface area contributed by atoms with Crippen molar-refractivity contribution in [1.29, 1.82) is 0 Å². The Morgan fingerprint density at radius 1 is 1.44 bits per heavy atom. The van der Waals surface area contributed by atoms with E-state index in [0.29, 0.717) is 25.9 Å². The molecule has 0 radical (unpaired) electrons. The number of carbonyl (C=O) groups is 3. The number of rotatable bonds is 2. The fraction of sp³-hybridized carbons (Fsp3) is 0.529. The van der Waals surface area contributed by atoms with Crippen LogP contribution < -0.4 is 15.5 Å². The van der Waals surface area contributed by atoms with Gasteiger partial charge in [0.15, 0.2) is 5.75 Å². The van der Waals surface area contributed by atoms with Gasteiger partial charge in [0.25, 0.3) is 12.4 Å². The number of aliphatic hydroxyl groups is 1. The first-order chi connectivity index (χ1) is 12.9. The fourth-order valence-electron chi connectivity index (χ4n) is 3.53. The second-order valence-corrected chi connectivity index (χ2v) is 6.43. The summed E-state index contributed by atoms with van der Waals surface area (Å²) < 4.78 is 4.89. The number of likely N-dealkylation sites (tertiary alicyclic amines) is 1. The number of H-pyrrole nitrogens is 1. The van der Waals surface area contributed by atoms with Crippen molar-refractivity contribution >= 4 is 18.3 Å². The smallest absolute Gasteiger partial charge is 0.290 e. The number of amides is 2. The molecule has 1 spiro atoms. The molecule has 3 heterocycles. The van der Waals surface area contributed by atoms with Crippen LogP contribution in [0.4, 0.5) is 0 Å². The van der Waals surface area contributed by atoms with Crippen molar-refractivity contribution in [2.45, 2.75) is 25.4 Å². The van der Waals surface area contributed by atoms with Crippen molar-refractivity contribution in [2.24, 2.45) is 5.41 Å². The van der Waals surface area contributed by atoms with Gasteiger partial charge in [0.2, 0.25) is 11.3 Å². The second kappa shape index (κ2) is 8.67. The number of pyridine rings is 1. The Morgan fingerprint density at radius 3 is 2.74 bits per heavy atom. The molecule has 4 N–H and O–H groups in total. The van der Waals surface area contributed by atoms with Gasteiger partial charge in [0.05, 0.1) is 18.6 Å². The van der Waals surface area contributed by atoms with Gasteiger partial charge in [-0.25, -0.2) is 0 Å². The largest absolute Gasteiger partial charge is 0.491 e. The Kier molecular flexibility index (Phi) is 6.56. The molecule has 3 rings (SSSR count). The van der Waals surface area contributed by atoms with Crippen molar-refractivity contribution in [1.82, 2.24) is 15.2 Å². The van der Waals surface area contributed by atoms with Crippen molar-refractivity contribution in [3.05, 3.63) is 28.2 Å². The number of piperidine rings is 2.